The minimum Gasteiger partial charge on any atom is -0.423 e. The van der Waals surface area contributed by atoms with E-state index in [-0.39, 0.29) is 0 Å². The van der Waals surface area contributed by atoms with Gasteiger partial charge in [0, 0.05) is 19.7 Å². The Bertz CT molecular complexity index is 394. The molecule has 1 heterocycles. The van der Waals surface area contributed by atoms with Gasteiger partial charge in [-0.25, -0.2) is 0 Å². The number of hydrogen-bond donors (Lipinski definition) is 2. The summed E-state index contributed by atoms with van der Waals surface area (Å²) >= 11 is 0. The molecular weight excluding hydrogens is 241 g/mol. The van der Waals surface area contributed by atoms with E-state index >= 15 is 0 Å². The quantitative estimate of drug-likeness (QED) is 0.753. The molecule has 1 aliphatic heterocycles. The van der Waals surface area contributed by atoms with Crippen molar-refractivity contribution in [2.75, 3.05) is 20.2 Å². The van der Waals surface area contributed by atoms with Gasteiger partial charge in [-0.1, -0.05) is 24.3 Å². The van der Waals surface area contributed by atoms with E-state index < -0.39 is 7.12 Å². The largest absolute Gasteiger partial charge is 0.488 e. The molecule has 1 fully saturated rings. The molecule has 1 saturated heterocycles. The van der Waals surface area contributed by atoms with Crippen molar-refractivity contribution in [1.82, 2.24) is 4.90 Å². The number of benzene rings is 1. The third-order valence-corrected chi connectivity index (χ3v) is 3.56. The third-order valence-electron chi connectivity index (χ3n) is 3.56. The van der Waals surface area contributed by atoms with E-state index in [0.29, 0.717) is 18.1 Å². The predicted octanol–water partition coefficient (Wildman–Crippen LogP) is 0.367. The molecular formula is C14H22BNO3. The molecule has 19 heavy (non-hydrogen) atoms. The van der Waals surface area contributed by atoms with Gasteiger partial charge >= 0.3 is 7.12 Å². The Morgan fingerprint density at radius 2 is 2.11 bits per heavy atom. The zero-order valence-electron chi connectivity index (χ0n) is 11.5. The molecule has 0 radical (unpaired) electrons. The second-order valence-corrected chi connectivity index (χ2v) is 5.26. The first-order valence-electron chi connectivity index (χ1n) is 6.91. The minimum atomic E-state index is -1.41. The van der Waals surface area contributed by atoms with Gasteiger partial charge in [0.1, 0.15) is 0 Å². The summed E-state index contributed by atoms with van der Waals surface area (Å²) in [6.07, 6.45) is 3.84. The Morgan fingerprint density at radius 3 is 2.79 bits per heavy atom. The van der Waals surface area contributed by atoms with Crippen LogP contribution in [0.15, 0.2) is 24.3 Å². The van der Waals surface area contributed by atoms with Crippen LogP contribution in [0.5, 0.6) is 0 Å². The molecule has 2 rings (SSSR count). The van der Waals surface area contributed by atoms with Crippen LogP contribution >= 0.6 is 0 Å². The van der Waals surface area contributed by atoms with Crippen LogP contribution in [0.1, 0.15) is 24.8 Å². The van der Waals surface area contributed by atoms with Crippen LogP contribution in [0.2, 0.25) is 0 Å². The normalized spacial score (nSPS) is 19.7. The Kier molecular flexibility index (Phi) is 5.40. The van der Waals surface area contributed by atoms with Crippen LogP contribution in [0.25, 0.3) is 0 Å². The lowest BCUT2D eigenvalue weighted by molar-refractivity contribution is -0.00256. The lowest BCUT2D eigenvalue weighted by Gasteiger charge is -2.27. The molecule has 0 aliphatic carbocycles. The maximum Gasteiger partial charge on any atom is 0.488 e. The molecule has 1 unspecified atom stereocenters. The molecule has 0 bridgehead atoms. The predicted molar refractivity (Wildman–Crippen MR) is 76.2 cm³/mol. The summed E-state index contributed by atoms with van der Waals surface area (Å²) in [5.41, 5.74) is 1.54. The Morgan fingerprint density at radius 1 is 1.32 bits per heavy atom. The van der Waals surface area contributed by atoms with Gasteiger partial charge in [-0.15, -0.1) is 0 Å². The van der Waals surface area contributed by atoms with Gasteiger partial charge in [0.05, 0.1) is 6.10 Å². The number of nitrogens with zero attached hydrogens (tertiary/aromatic N) is 1. The summed E-state index contributed by atoms with van der Waals surface area (Å²) in [6.45, 7) is 2.45. The van der Waals surface area contributed by atoms with Gasteiger partial charge < -0.3 is 14.8 Å². The summed E-state index contributed by atoms with van der Waals surface area (Å²) in [5, 5.41) is 18.7. The van der Waals surface area contributed by atoms with Crippen LogP contribution in [-0.4, -0.2) is 48.4 Å². The highest BCUT2D eigenvalue weighted by Gasteiger charge is 2.19. The molecule has 2 N–H and O–H groups in total. The smallest absolute Gasteiger partial charge is 0.423 e. The maximum absolute atomic E-state index is 9.35. The van der Waals surface area contributed by atoms with Crippen molar-refractivity contribution < 1.29 is 14.8 Å². The number of rotatable bonds is 5. The monoisotopic (exact) mass is 263 g/mol. The first-order chi connectivity index (χ1) is 9.16. The van der Waals surface area contributed by atoms with Crippen LogP contribution in [-0.2, 0) is 11.3 Å². The Hall–Kier alpha value is -0.875. The van der Waals surface area contributed by atoms with Crippen LogP contribution < -0.4 is 5.46 Å². The minimum absolute atomic E-state index is 0.310. The standard InChI is InChI=1S/C14H22BNO3/c1-16(11-13-7-4-5-9-19-13)10-12-6-2-3-8-14(12)15(17)18/h2-3,6,8,13,17-18H,4-5,7,9-11H2,1H3. The van der Waals surface area contributed by atoms with Crippen LogP contribution in [0.3, 0.4) is 0 Å². The fourth-order valence-electron chi connectivity index (χ4n) is 2.58. The first-order valence-corrected chi connectivity index (χ1v) is 6.91. The Labute approximate surface area is 115 Å². The molecule has 0 saturated carbocycles. The van der Waals surface area contributed by atoms with Crippen molar-refractivity contribution >= 4 is 12.6 Å². The van der Waals surface area contributed by atoms with E-state index in [1.54, 1.807) is 6.07 Å². The van der Waals surface area contributed by atoms with E-state index in [0.717, 1.165) is 25.1 Å². The van der Waals surface area contributed by atoms with Crippen molar-refractivity contribution in [1.29, 1.82) is 0 Å². The lowest BCUT2D eigenvalue weighted by atomic mass is 9.77. The van der Waals surface area contributed by atoms with Gasteiger partial charge in [0.2, 0.25) is 0 Å². The van der Waals surface area contributed by atoms with Gasteiger partial charge in [-0.2, -0.15) is 0 Å². The molecule has 0 aromatic heterocycles. The van der Waals surface area contributed by atoms with Crippen molar-refractivity contribution in [3.8, 4) is 0 Å². The van der Waals surface area contributed by atoms with Gasteiger partial charge in [0.25, 0.3) is 0 Å². The first kappa shape index (κ1) is 14.5. The number of ether oxygens (including phenoxy) is 1. The van der Waals surface area contributed by atoms with E-state index in [1.165, 1.54) is 12.8 Å². The third kappa shape index (κ3) is 4.32. The van der Waals surface area contributed by atoms with Crippen molar-refractivity contribution in [2.45, 2.75) is 31.9 Å². The molecule has 1 atom stereocenters. The van der Waals surface area contributed by atoms with E-state index in [1.807, 2.05) is 25.2 Å². The van der Waals surface area contributed by atoms with E-state index in [4.69, 9.17) is 4.74 Å². The Balaban J connectivity index is 1.92. The van der Waals surface area contributed by atoms with Crippen molar-refractivity contribution in [3.63, 3.8) is 0 Å². The van der Waals surface area contributed by atoms with E-state index in [9.17, 15) is 10.0 Å². The van der Waals surface area contributed by atoms with Crippen molar-refractivity contribution in [2.24, 2.45) is 0 Å². The highest BCUT2D eigenvalue weighted by Crippen LogP contribution is 2.14. The average Bonchev–Trinajstić information content (AvgIpc) is 2.40. The van der Waals surface area contributed by atoms with Gasteiger partial charge in [-0.05, 0) is 37.3 Å². The molecule has 0 spiro atoms. The topological polar surface area (TPSA) is 52.9 Å². The summed E-state index contributed by atoms with van der Waals surface area (Å²) in [6, 6.07) is 7.44. The SMILES string of the molecule is CN(Cc1ccccc1B(O)O)CC1CCCCO1. The van der Waals surface area contributed by atoms with Crippen LogP contribution in [0.4, 0.5) is 0 Å². The summed E-state index contributed by atoms with van der Waals surface area (Å²) in [7, 11) is 0.633. The zero-order valence-corrected chi connectivity index (χ0v) is 11.5. The molecule has 4 nitrogen and oxygen atoms in total. The van der Waals surface area contributed by atoms with Crippen LogP contribution in [0, 0.1) is 0 Å². The fraction of sp³-hybridized carbons (Fsp3) is 0.571. The second-order valence-electron chi connectivity index (χ2n) is 5.26. The highest BCUT2D eigenvalue weighted by atomic mass is 16.5. The summed E-state index contributed by atoms with van der Waals surface area (Å²) in [4.78, 5) is 2.18. The summed E-state index contributed by atoms with van der Waals surface area (Å²) < 4.78 is 5.72. The molecule has 0 amide bonds. The van der Waals surface area contributed by atoms with Gasteiger partial charge in [0.15, 0.2) is 0 Å². The molecule has 1 aromatic carbocycles. The average molecular weight is 263 g/mol. The second kappa shape index (κ2) is 7.05. The molecule has 1 aliphatic rings. The highest BCUT2D eigenvalue weighted by molar-refractivity contribution is 6.59. The summed E-state index contributed by atoms with van der Waals surface area (Å²) in [5.74, 6) is 0. The van der Waals surface area contributed by atoms with Gasteiger partial charge in [-0.3, -0.25) is 4.90 Å². The molecule has 1 aromatic rings. The number of likely N-dealkylation sites (N-methyl/N-ethyl adjacent to an activating group) is 1. The van der Waals surface area contributed by atoms with E-state index in [2.05, 4.69) is 4.90 Å². The number of hydrogen-bond acceptors (Lipinski definition) is 4. The zero-order chi connectivity index (χ0) is 13.7. The lowest BCUT2D eigenvalue weighted by Crippen LogP contribution is -2.37. The molecule has 104 valence electrons. The fourth-order valence-corrected chi connectivity index (χ4v) is 2.58. The van der Waals surface area contributed by atoms with Crippen molar-refractivity contribution in [3.05, 3.63) is 29.8 Å². The maximum atomic E-state index is 9.35. The molecule has 5 heteroatoms.